The van der Waals surface area contributed by atoms with Crippen LogP contribution < -0.4 is 10.6 Å². The highest BCUT2D eigenvalue weighted by Crippen LogP contribution is 2.15. The zero-order valence-electron chi connectivity index (χ0n) is 6.97. The lowest BCUT2D eigenvalue weighted by molar-refractivity contribution is -0.110. The van der Waals surface area contributed by atoms with Crippen molar-refractivity contribution in [1.29, 1.82) is 0 Å². The maximum absolute atomic E-state index is 10.1. The number of amides is 1. The van der Waals surface area contributed by atoms with Gasteiger partial charge in [-0.2, -0.15) is 0 Å². The summed E-state index contributed by atoms with van der Waals surface area (Å²) >= 11 is 0. The van der Waals surface area contributed by atoms with Gasteiger partial charge in [-0.15, -0.1) is 0 Å². The third-order valence-electron chi connectivity index (χ3n) is 2.42. The molecule has 1 aliphatic rings. The number of carbonyl (C=O) groups excluding carboxylic acids is 1. The van der Waals surface area contributed by atoms with Crippen LogP contribution in [-0.4, -0.2) is 25.5 Å². The van der Waals surface area contributed by atoms with E-state index < -0.39 is 0 Å². The molecule has 3 nitrogen and oxygen atoms in total. The topological polar surface area (TPSA) is 41.1 Å². The summed E-state index contributed by atoms with van der Waals surface area (Å²) in [5.41, 5.74) is 0. The lowest BCUT2D eigenvalue weighted by atomic mass is 9.91. The lowest BCUT2D eigenvalue weighted by Crippen LogP contribution is -2.39. The molecule has 1 fully saturated rings. The summed E-state index contributed by atoms with van der Waals surface area (Å²) in [6.07, 6.45) is 3.16. The molecule has 0 aromatic rings. The van der Waals surface area contributed by atoms with Crippen molar-refractivity contribution in [2.45, 2.75) is 25.8 Å². The number of rotatable bonds is 3. The molecule has 0 bridgehead atoms. The molecule has 64 valence electrons. The standard InChI is InChI=1S/C8H16N2O/c1-7(10-6-11)8-2-4-9-5-3-8/h6-9H,2-5H2,1H3,(H,10,11). The van der Waals surface area contributed by atoms with E-state index in [4.69, 9.17) is 0 Å². The van der Waals surface area contributed by atoms with Crippen molar-refractivity contribution in [3.63, 3.8) is 0 Å². The Labute approximate surface area is 67.5 Å². The fourth-order valence-corrected chi connectivity index (χ4v) is 1.59. The van der Waals surface area contributed by atoms with Crippen LogP contribution in [0.3, 0.4) is 0 Å². The van der Waals surface area contributed by atoms with Crippen molar-refractivity contribution < 1.29 is 4.79 Å². The normalized spacial score (nSPS) is 22.6. The molecule has 1 aliphatic heterocycles. The predicted octanol–water partition coefficient (Wildman–Crippen LogP) is 0.120. The molecule has 0 aliphatic carbocycles. The molecular weight excluding hydrogens is 140 g/mol. The van der Waals surface area contributed by atoms with E-state index >= 15 is 0 Å². The van der Waals surface area contributed by atoms with Gasteiger partial charge in [0.15, 0.2) is 0 Å². The number of carbonyl (C=O) groups is 1. The molecule has 1 saturated heterocycles. The van der Waals surface area contributed by atoms with Crippen LogP contribution in [0.25, 0.3) is 0 Å². The first-order chi connectivity index (χ1) is 5.34. The van der Waals surface area contributed by atoms with Gasteiger partial charge in [-0.1, -0.05) is 0 Å². The van der Waals surface area contributed by atoms with Crippen LogP contribution in [0, 0.1) is 5.92 Å². The number of hydrogen-bond acceptors (Lipinski definition) is 2. The number of hydrogen-bond donors (Lipinski definition) is 2. The molecular formula is C8H16N2O. The van der Waals surface area contributed by atoms with Gasteiger partial charge in [-0.25, -0.2) is 0 Å². The number of nitrogens with one attached hydrogen (secondary N) is 2. The molecule has 1 amide bonds. The zero-order chi connectivity index (χ0) is 8.10. The molecule has 1 rings (SSSR count). The van der Waals surface area contributed by atoms with Crippen molar-refractivity contribution >= 4 is 6.41 Å². The molecule has 1 atom stereocenters. The van der Waals surface area contributed by atoms with E-state index in [2.05, 4.69) is 17.6 Å². The highest BCUT2D eigenvalue weighted by atomic mass is 16.1. The number of piperidine rings is 1. The smallest absolute Gasteiger partial charge is 0.207 e. The summed E-state index contributed by atoms with van der Waals surface area (Å²) in [6, 6.07) is 0.342. The maximum Gasteiger partial charge on any atom is 0.207 e. The van der Waals surface area contributed by atoms with Gasteiger partial charge in [0.25, 0.3) is 0 Å². The van der Waals surface area contributed by atoms with E-state index in [0.717, 1.165) is 19.5 Å². The van der Waals surface area contributed by atoms with Gasteiger partial charge < -0.3 is 10.6 Å². The van der Waals surface area contributed by atoms with Gasteiger partial charge in [-0.3, -0.25) is 4.79 Å². The Morgan fingerprint density at radius 3 is 2.73 bits per heavy atom. The first kappa shape index (κ1) is 8.53. The van der Waals surface area contributed by atoms with Crippen molar-refractivity contribution in [3.8, 4) is 0 Å². The van der Waals surface area contributed by atoms with Crippen LogP contribution >= 0.6 is 0 Å². The molecule has 1 heterocycles. The van der Waals surface area contributed by atoms with Gasteiger partial charge in [0.05, 0.1) is 0 Å². The van der Waals surface area contributed by atoms with Gasteiger partial charge >= 0.3 is 0 Å². The van der Waals surface area contributed by atoms with Crippen LogP contribution in [0.4, 0.5) is 0 Å². The summed E-state index contributed by atoms with van der Waals surface area (Å²) < 4.78 is 0. The summed E-state index contributed by atoms with van der Waals surface area (Å²) in [4.78, 5) is 10.1. The Hall–Kier alpha value is -0.570. The van der Waals surface area contributed by atoms with Crippen LogP contribution in [-0.2, 0) is 4.79 Å². The van der Waals surface area contributed by atoms with Crippen molar-refractivity contribution in [3.05, 3.63) is 0 Å². The minimum atomic E-state index is 0.342. The molecule has 0 radical (unpaired) electrons. The van der Waals surface area contributed by atoms with E-state index in [1.54, 1.807) is 0 Å². The van der Waals surface area contributed by atoms with Gasteiger partial charge in [0.1, 0.15) is 0 Å². The van der Waals surface area contributed by atoms with Crippen molar-refractivity contribution in [1.82, 2.24) is 10.6 Å². The Balaban J connectivity index is 2.26. The van der Waals surface area contributed by atoms with E-state index in [1.807, 2.05) is 0 Å². The fraction of sp³-hybridized carbons (Fsp3) is 0.875. The minimum absolute atomic E-state index is 0.342. The van der Waals surface area contributed by atoms with Crippen LogP contribution in [0.5, 0.6) is 0 Å². The Morgan fingerprint density at radius 2 is 2.18 bits per heavy atom. The molecule has 2 N–H and O–H groups in total. The monoisotopic (exact) mass is 156 g/mol. The second-order valence-electron chi connectivity index (χ2n) is 3.16. The molecule has 3 heteroatoms. The van der Waals surface area contributed by atoms with E-state index in [0.29, 0.717) is 12.0 Å². The molecule has 0 aromatic carbocycles. The Kier molecular flexibility index (Phi) is 3.36. The largest absolute Gasteiger partial charge is 0.356 e. The second kappa shape index (κ2) is 4.34. The SMILES string of the molecule is CC(NC=O)C1CCNCC1. The molecule has 0 aromatic heterocycles. The maximum atomic E-state index is 10.1. The van der Waals surface area contributed by atoms with Crippen LogP contribution in [0.2, 0.25) is 0 Å². The average Bonchev–Trinajstić information content (AvgIpc) is 2.07. The molecule has 0 spiro atoms. The Morgan fingerprint density at radius 1 is 1.55 bits per heavy atom. The average molecular weight is 156 g/mol. The van der Waals surface area contributed by atoms with Crippen molar-refractivity contribution in [2.24, 2.45) is 5.92 Å². The molecule has 1 unspecified atom stereocenters. The summed E-state index contributed by atoms with van der Waals surface area (Å²) in [6.45, 7) is 4.26. The van der Waals surface area contributed by atoms with E-state index in [-0.39, 0.29) is 0 Å². The highest BCUT2D eigenvalue weighted by molar-refractivity contribution is 5.46. The summed E-state index contributed by atoms with van der Waals surface area (Å²) in [5.74, 6) is 0.668. The van der Waals surface area contributed by atoms with Gasteiger partial charge in [0.2, 0.25) is 6.41 Å². The van der Waals surface area contributed by atoms with Crippen molar-refractivity contribution in [2.75, 3.05) is 13.1 Å². The predicted molar refractivity (Wildman–Crippen MR) is 44.3 cm³/mol. The third kappa shape index (κ3) is 2.50. The second-order valence-corrected chi connectivity index (χ2v) is 3.16. The minimum Gasteiger partial charge on any atom is -0.356 e. The molecule has 11 heavy (non-hydrogen) atoms. The quantitative estimate of drug-likeness (QED) is 0.570. The van der Waals surface area contributed by atoms with Gasteiger partial charge in [0, 0.05) is 6.04 Å². The Bertz CT molecular complexity index is 121. The lowest BCUT2D eigenvalue weighted by Gasteiger charge is -2.27. The highest BCUT2D eigenvalue weighted by Gasteiger charge is 2.18. The first-order valence-electron chi connectivity index (χ1n) is 4.25. The summed E-state index contributed by atoms with van der Waals surface area (Å²) in [7, 11) is 0. The first-order valence-corrected chi connectivity index (χ1v) is 4.25. The zero-order valence-corrected chi connectivity index (χ0v) is 6.97. The van der Waals surface area contributed by atoms with Crippen LogP contribution in [0.1, 0.15) is 19.8 Å². The van der Waals surface area contributed by atoms with Crippen LogP contribution in [0.15, 0.2) is 0 Å². The van der Waals surface area contributed by atoms with E-state index in [9.17, 15) is 4.79 Å². The van der Waals surface area contributed by atoms with Gasteiger partial charge in [-0.05, 0) is 38.8 Å². The van der Waals surface area contributed by atoms with E-state index in [1.165, 1.54) is 12.8 Å². The summed E-state index contributed by atoms with van der Waals surface area (Å²) in [5, 5.41) is 6.10. The third-order valence-corrected chi connectivity index (χ3v) is 2.42. The fourth-order valence-electron chi connectivity index (χ4n) is 1.59. The molecule has 0 saturated carbocycles.